The Kier molecular flexibility index (Phi) is 4.26. The summed E-state index contributed by atoms with van der Waals surface area (Å²) in [5.41, 5.74) is 0. The first-order valence-corrected chi connectivity index (χ1v) is 4.59. The highest BCUT2D eigenvalue weighted by Crippen LogP contribution is 2.00. The number of carbonyl (C=O) groups excluding carboxylic acids is 1. The van der Waals surface area contributed by atoms with Gasteiger partial charge in [0.2, 0.25) is 5.91 Å². The fourth-order valence-corrected chi connectivity index (χ4v) is 1.26. The second kappa shape index (κ2) is 5.54. The van der Waals surface area contributed by atoms with E-state index < -0.39 is 0 Å². The Morgan fingerprint density at radius 2 is 2.46 bits per heavy atom. The van der Waals surface area contributed by atoms with Crippen molar-refractivity contribution in [3.05, 3.63) is 24.8 Å². The Morgan fingerprint density at radius 1 is 1.62 bits per heavy atom. The Hall–Kier alpha value is -1.09. The van der Waals surface area contributed by atoms with Gasteiger partial charge in [0.05, 0.1) is 6.54 Å². The molecule has 1 N–H and O–H groups in total. The summed E-state index contributed by atoms with van der Waals surface area (Å²) in [6.45, 7) is 6.29. The molecule has 0 spiro atoms. The predicted molar refractivity (Wildman–Crippen MR) is 53.4 cm³/mol. The molecule has 3 heteroatoms. The molecule has 0 aliphatic carbocycles. The molecule has 0 unspecified atom stereocenters. The van der Waals surface area contributed by atoms with Crippen molar-refractivity contribution >= 4 is 5.91 Å². The van der Waals surface area contributed by atoms with Crippen molar-refractivity contribution in [2.75, 3.05) is 26.2 Å². The summed E-state index contributed by atoms with van der Waals surface area (Å²) in [7, 11) is 0. The first-order chi connectivity index (χ1) is 6.34. The molecule has 1 heterocycles. The van der Waals surface area contributed by atoms with Crippen LogP contribution in [0.1, 0.15) is 6.42 Å². The normalized spacial score (nSPS) is 15.8. The van der Waals surface area contributed by atoms with E-state index in [-0.39, 0.29) is 5.91 Å². The van der Waals surface area contributed by atoms with E-state index in [4.69, 9.17) is 0 Å². The van der Waals surface area contributed by atoms with Crippen molar-refractivity contribution in [3.8, 4) is 0 Å². The summed E-state index contributed by atoms with van der Waals surface area (Å²) in [6, 6.07) is 0. The average molecular weight is 180 g/mol. The van der Waals surface area contributed by atoms with Crippen LogP contribution in [0.5, 0.6) is 0 Å². The molecule has 0 fully saturated rings. The van der Waals surface area contributed by atoms with E-state index in [1.54, 1.807) is 6.08 Å². The molecule has 13 heavy (non-hydrogen) atoms. The van der Waals surface area contributed by atoms with E-state index >= 15 is 0 Å². The number of nitrogens with one attached hydrogen (secondary N) is 1. The smallest absolute Gasteiger partial charge is 0.236 e. The first-order valence-electron chi connectivity index (χ1n) is 4.59. The van der Waals surface area contributed by atoms with E-state index in [1.165, 1.54) is 0 Å². The second-order valence-electron chi connectivity index (χ2n) is 3.02. The zero-order valence-electron chi connectivity index (χ0n) is 7.83. The molecule has 1 rings (SSSR count). The third-order valence-electron chi connectivity index (χ3n) is 1.98. The fourth-order valence-electron chi connectivity index (χ4n) is 1.26. The maximum Gasteiger partial charge on any atom is 0.236 e. The average Bonchev–Trinajstić information content (AvgIpc) is 2.19. The molecule has 1 aliphatic rings. The third kappa shape index (κ3) is 3.42. The van der Waals surface area contributed by atoms with Gasteiger partial charge in [0, 0.05) is 19.6 Å². The van der Waals surface area contributed by atoms with Gasteiger partial charge in [-0.3, -0.25) is 4.79 Å². The fraction of sp³-hybridized carbons (Fsp3) is 0.500. The Labute approximate surface area is 79.1 Å². The van der Waals surface area contributed by atoms with Crippen LogP contribution < -0.4 is 5.32 Å². The summed E-state index contributed by atoms with van der Waals surface area (Å²) in [5, 5.41) is 3.00. The van der Waals surface area contributed by atoms with Crippen molar-refractivity contribution in [3.63, 3.8) is 0 Å². The first kappa shape index (κ1) is 9.99. The lowest BCUT2D eigenvalue weighted by Crippen LogP contribution is -2.39. The van der Waals surface area contributed by atoms with Crippen LogP contribution in [0.2, 0.25) is 0 Å². The molecule has 1 amide bonds. The van der Waals surface area contributed by atoms with E-state index in [9.17, 15) is 4.79 Å². The van der Waals surface area contributed by atoms with Crippen LogP contribution in [0.15, 0.2) is 24.8 Å². The van der Waals surface area contributed by atoms with Gasteiger partial charge in [-0.15, -0.1) is 6.58 Å². The number of amides is 1. The van der Waals surface area contributed by atoms with Crippen molar-refractivity contribution in [1.82, 2.24) is 10.2 Å². The van der Waals surface area contributed by atoms with Gasteiger partial charge in [-0.05, 0) is 6.42 Å². The van der Waals surface area contributed by atoms with Crippen LogP contribution in [-0.2, 0) is 4.79 Å². The van der Waals surface area contributed by atoms with Gasteiger partial charge in [0.25, 0.3) is 0 Å². The molecular formula is C10H16N2O. The maximum atomic E-state index is 11.5. The van der Waals surface area contributed by atoms with Gasteiger partial charge in [0.15, 0.2) is 0 Å². The van der Waals surface area contributed by atoms with E-state index in [2.05, 4.69) is 18.0 Å². The van der Waals surface area contributed by atoms with Crippen LogP contribution >= 0.6 is 0 Å². The molecule has 0 aromatic rings. The Bertz CT molecular complexity index is 211. The Morgan fingerprint density at radius 3 is 3.08 bits per heavy atom. The largest absolute Gasteiger partial charge is 0.338 e. The number of carbonyl (C=O) groups is 1. The van der Waals surface area contributed by atoms with E-state index in [1.807, 2.05) is 11.0 Å². The zero-order valence-corrected chi connectivity index (χ0v) is 7.83. The SMILES string of the molecule is C=CCNCC(=O)N1CC=CCC1. The lowest BCUT2D eigenvalue weighted by molar-refractivity contribution is -0.129. The van der Waals surface area contributed by atoms with Gasteiger partial charge in [-0.1, -0.05) is 18.2 Å². The molecule has 72 valence electrons. The predicted octanol–water partition coefficient (Wildman–Crippen LogP) is 0.550. The number of hydrogen-bond donors (Lipinski definition) is 1. The van der Waals surface area contributed by atoms with Gasteiger partial charge in [-0.2, -0.15) is 0 Å². The number of nitrogens with zero attached hydrogens (tertiary/aromatic N) is 1. The summed E-state index contributed by atoms with van der Waals surface area (Å²) in [6.07, 6.45) is 6.88. The monoisotopic (exact) mass is 180 g/mol. The molecule has 0 aromatic heterocycles. The Balaban J connectivity index is 2.22. The standard InChI is InChI=1S/C10H16N2O/c1-2-6-11-9-10(13)12-7-4-3-5-8-12/h2-4,11H,1,5-9H2. The van der Waals surface area contributed by atoms with Crippen molar-refractivity contribution < 1.29 is 4.79 Å². The maximum absolute atomic E-state index is 11.5. The molecule has 0 saturated carbocycles. The summed E-state index contributed by atoms with van der Waals surface area (Å²) in [4.78, 5) is 13.3. The van der Waals surface area contributed by atoms with Gasteiger partial charge >= 0.3 is 0 Å². The topological polar surface area (TPSA) is 32.3 Å². The van der Waals surface area contributed by atoms with Crippen LogP contribution in [0, 0.1) is 0 Å². The summed E-state index contributed by atoms with van der Waals surface area (Å²) < 4.78 is 0. The van der Waals surface area contributed by atoms with Crippen LogP contribution in [0.4, 0.5) is 0 Å². The molecular weight excluding hydrogens is 164 g/mol. The van der Waals surface area contributed by atoms with Crippen molar-refractivity contribution in [2.45, 2.75) is 6.42 Å². The molecule has 0 aromatic carbocycles. The van der Waals surface area contributed by atoms with E-state index in [0.717, 1.165) is 19.5 Å². The number of rotatable bonds is 4. The molecule has 3 nitrogen and oxygen atoms in total. The van der Waals surface area contributed by atoms with Gasteiger partial charge < -0.3 is 10.2 Å². The molecule has 0 bridgehead atoms. The van der Waals surface area contributed by atoms with E-state index in [0.29, 0.717) is 13.1 Å². The minimum Gasteiger partial charge on any atom is -0.338 e. The zero-order chi connectivity index (χ0) is 9.52. The van der Waals surface area contributed by atoms with Gasteiger partial charge in [0.1, 0.15) is 0 Å². The van der Waals surface area contributed by atoms with Gasteiger partial charge in [-0.25, -0.2) is 0 Å². The second-order valence-corrected chi connectivity index (χ2v) is 3.02. The highest BCUT2D eigenvalue weighted by atomic mass is 16.2. The lowest BCUT2D eigenvalue weighted by Gasteiger charge is -2.23. The quantitative estimate of drug-likeness (QED) is 0.506. The highest BCUT2D eigenvalue weighted by Gasteiger charge is 2.12. The summed E-state index contributed by atoms with van der Waals surface area (Å²) in [5.74, 6) is 0.172. The van der Waals surface area contributed by atoms with Crippen LogP contribution in [-0.4, -0.2) is 37.0 Å². The minimum atomic E-state index is 0.172. The summed E-state index contributed by atoms with van der Waals surface area (Å²) >= 11 is 0. The minimum absolute atomic E-state index is 0.172. The molecule has 0 radical (unpaired) electrons. The highest BCUT2D eigenvalue weighted by molar-refractivity contribution is 5.78. The third-order valence-corrected chi connectivity index (χ3v) is 1.98. The molecule has 1 aliphatic heterocycles. The molecule has 0 saturated heterocycles. The number of hydrogen-bond acceptors (Lipinski definition) is 2. The van der Waals surface area contributed by atoms with Crippen LogP contribution in [0.3, 0.4) is 0 Å². The van der Waals surface area contributed by atoms with Crippen molar-refractivity contribution in [1.29, 1.82) is 0 Å². The van der Waals surface area contributed by atoms with Crippen LogP contribution in [0.25, 0.3) is 0 Å². The lowest BCUT2D eigenvalue weighted by atomic mass is 10.2. The van der Waals surface area contributed by atoms with Crippen molar-refractivity contribution in [2.24, 2.45) is 0 Å². The molecule has 0 atom stereocenters.